The van der Waals surface area contributed by atoms with Gasteiger partial charge in [0.25, 0.3) is 0 Å². The van der Waals surface area contributed by atoms with Gasteiger partial charge in [0, 0.05) is 44.5 Å². The van der Waals surface area contributed by atoms with E-state index in [9.17, 15) is 18.8 Å². The van der Waals surface area contributed by atoms with Crippen LogP contribution in [0.1, 0.15) is 31.2 Å². The molecule has 34 heavy (non-hydrogen) atoms. The van der Waals surface area contributed by atoms with Crippen molar-refractivity contribution in [2.75, 3.05) is 33.9 Å². The van der Waals surface area contributed by atoms with Crippen LogP contribution in [0.25, 0.3) is 0 Å². The summed E-state index contributed by atoms with van der Waals surface area (Å²) in [5.74, 6) is -0.620. The van der Waals surface area contributed by atoms with Crippen LogP contribution in [0.4, 0.5) is 4.39 Å². The van der Waals surface area contributed by atoms with Gasteiger partial charge in [-0.3, -0.25) is 19.3 Å². The predicted octanol–water partition coefficient (Wildman–Crippen LogP) is 3.17. The first-order valence-corrected chi connectivity index (χ1v) is 11.5. The van der Waals surface area contributed by atoms with Crippen LogP contribution in [-0.4, -0.2) is 61.4 Å². The van der Waals surface area contributed by atoms with Crippen molar-refractivity contribution in [2.45, 2.75) is 31.1 Å². The fraction of sp³-hybridized carbons (Fsp3) is 0.423. The summed E-state index contributed by atoms with van der Waals surface area (Å²) >= 11 is 0. The second-order valence-corrected chi connectivity index (χ2v) is 8.98. The number of carbonyl (C=O) groups excluding carboxylic acids is 3. The number of methoxy groups -OCH3 is 1. The zero-order valence-corrected chi connectivity index (χ0v) is 19.5. The maximum absolute atomic E-state index is 13.9. The predicted molar refractivity (Wildman–Crippen MR) is 123 cm³/mol. The lowest BCUT2D eigenvalue weighted by molar-refractivity contribution is -0.142. The van der Waals surface area contributed by atoms with E-state index in [0.29, 0.717) is 31.0 Å². The number of carbonyl (C=O) groups is 3. The highest BCUT2D eigenvalue weighted by Crippen LogP contribution is 2.43. The van der Waals surface area contributed by atoms with Gasteiger partial charge in [-0.1, -0.05) is 30.3 Å². The molecule has 2 aromatic rings. The van der Waals surface area contributed by atoms with E-state index in [0.717, 1.165) is 17.7 Å². The van der Waals surface area contributed by atoms with Gasteiger partial charge in [-0.25, -0.2) is 4.39 Å². The quantitative estimate of drug-likeness (QED) is 0.584. The molecule has 2 aliphatic rings. The molecule has 0 saturated carbocycles. The number of piperidine rings is 1. The number of ether oxygens (including phenoxy) is 2. The minimum absolute atomic E-state index is 0.0445. The molecule has 8 heteroatoms. The Morgan fingerprint density at radius 2 is 1.82 bits per heavy atom. The van der Waals surface area contributed by atoms with Gasteiger partial charge in [-0.15, -0.1) is 0 Å². The van der Waals surface area contributed by atoms with Crippen molar-refractivity contribution < 1.29 is 28.2 Å². The largest absolute Gasteiger partial charge is 0.496 e. The van der Waals surface area contributed by atoms with Crippen LogP contribution in [0.15, 0.2) is 48.5 Å². The van der Waals surface area contributed by atoms with E-state index in [2.05, 4.69) is 0 Å². The van der Waals surface area contributed by atoms with E-state index in [-0.39, 0.29) is 36.3 Å². The van der Waals surface area contributed by atoms with Crippen molar-refractivity contribution >= 4 is 17.7 Å². The highest BCUT2D eigenvalue weighted by molar-refractivity contribution is 6.10. The number of amides is 3. The van der Waals surface area contributed by atoms with Gasteiger partial charge in [0.15, 0.2) is 11.6 Å². The number of likely N-dealkylation sites (N-methyl/N-ethyl adjacent to an activating group) is 1. The summed E-state index contributed by atoms with van der Waals surface area (Å²) in [6.07, 6.45) is 1.44. The molecule has 2 aliphatic heterocycles. The average molecular weight is 469 g/mol. The number of likely N-dealkylation sites (tertiary alicyclic amines) is 2. The summed E-state index contributed by atoms with van der Waals surface area (Å²) in [6.45, 7) is 1.31. The molecule has 2 fully saturated rings. The fourth-order valence-electron chi connectivity index (χ4n) is 4.94. The summed E-state index contributed by atoms with van der Waals surface area (Å²) in [7, 11) is 2.95. The Labute approximate surface area is 198 Å². The van der Waals surface area contributed by atoms with Gasteiger partial charge >= 0.3 is 0 Å². The standard InChI is InChI=1S/C26H29FN2O5/c1-28-23(30)14-26(25(28)32,19-9-3-5-11-21(19)33-2)15-24(31)29-13-7-8-18(16-29)17-34-22-12-6-4-10-20(22)27/h3-6,9-12,18H,7-8,13-17H2,1-2H3. The Morgan fingerprint density at radius 1 is 1.12 bits per heavy atom. The Bertz CT molecular complexity index is 1090. The summed E-state index contributed by atoms with van der Waals surface area (Å²) in [5, 5.41) is 0. The molecular formula is C26H29FN2O5. The molecular weight excluding hydrogens is 439 g/mol. The number of halogens is 1. The molecule has 0 aliphatic carbocycles. The second kappa shape index (κ2) is 9.83. The number of nitrogens with zero attached hydrogens (tertiary/aromatic N) is 2. The minimum Gasteiger partial charge on any atom is -0.496 e. The molecule has 2 atom stereocenters. The van der Waals surface area contributed by atoms with E-state index < -0.39 is 17.1 Å². The van der Waals surface area contributed by atoms with E-state index >= 15 is 0 Å². The number of rotatable bonds is 7. The molecule has 7 nitrogen and oxygen atoms in total. The lowest BCUT2D eigenvalue weighted by Crippen LogP contribution is -2.46. The fourth-order valence-corrected chi connectivity index (χ4v) is 4.94. The van der Waals surface area contributed by atoms with Crippen molar-refractivity contribution in [3.8, 4) is 11.5 Å². The van der Waals surface area contributed by atoms with Crippen LogP contribution < -0.4 is 9.47 Å². The Hall–Kier alpha value is -3.42. The molecule has 180 valence electrons. The van der Waals surface area contributed by atoms with Gasteiger partial charge in [-0.2, -0.15) is 0 Å². The molecule has 3 amide bonds. The lowest BCUT2D eigenvalue weighted by Gasteiger charge is -2.35. The van der Waals surface area contributed by atoms with Gasteiger partial charge in [0.2, 0.25) is 17.7 Å². The first kappa shape index (κ1) is 23.7. The molecule has 0 spiro atoms. The third-order valence-electron chi connectivity index (χ3n) is 6.80. The normalized spacial score (nSPS) is 22.7. The van der Waals surface area contributed by atoms with Crippen molar-refractivity contribution in [1.82, 2.24) is 9.80 Å². The van der Waals surface area contributed by atoms with Gasteiger partial charge in [0.1, 0.15) is 5.75 Å². The molecule has 2 unspecified atom stereocenters. The lowest BCUT2D eigenvalue weighted by atomic mass is 9.75. The zero-order valence-electron chi connectivity index (χ0n) is 19.5. The highest BCUT2D eigenvalue weighted by atomic mass is 19.1. The van der Waals surface area contributed by atoms with Crippen LogP contribution >= 0.6 is 0 Å². The number of imide groups is 1. The van der Waals surface area contributed by atoms with Crippen molar-refractivity contribution in [3.05, 3.63) is 59.9 Å². The molecule has 0 radical (unpaired) electrons. The smallest absolute Gasteiger partial charge is 0.240 e. The number of hydrogen-bond donors (Lipinski definition) is 0. The molecule has 4 rings (SSSR count). The van der Waals surface area contributed by atoms with Crippen molar-refractivity contribution in [3.63, 3.8) is 0 Å². The Kier molecular flexibility index (Phi) is 6.86. The second-order valence-electron chi connectivity index (χ2n) is 8.98. The molecule has 0 aromatic heterocycles. The van der Waals surface area contributed by atoms with Gasteiger partial charge in [0.05, 0.1) is 19.1 Å². The molecule has 0 N–H and O–H groups in total. The molecule has 2 saturated heterocycles. The first-order chi connectivity index (χ1) is 16.4. The van der Waals surface area contributed by atoms with E-state index in [1.165, 1.54) is 20.2 Å². The summed E-state index contributed by atoms with van der Waals surface area (Å²) in [5.41, 5.74) is -0.753. The van der Waals surface area contributed by atoms with Crippen LogP contribution in [0, 0.1) is 11.7 Å². The number of benzene rings is 2. The van der Waals surface area contributed by atoms with Crippen LogP contribution in [0.5, 0.6) is 11.5 Å². The average Bonchev–Trinajstić information content (AvgIpc) is 3.07. The van der Waals surface area contributed by atoms with E-state index in [1.54, 1.807) is 47.4 Å². The van der Waals surface area contributed by atoms with Gasteiger partial charge < -0.3 is 14.4 Å². The number of hydrogen-bond acceptors (Lipinski definition) is 5. The topological polar surface area (TPSA) is 76.2 Å². The van der Waals surface area contributed by atoms with Gasteiger partial charge in [-0.05, 0) is 31.0 Å². The zero-order chi connectivity index (χ0) is 24.3. The molecule has 2 heterocycles. The summed E-state index contributed by atoms with van der Waals surface area (Å²) in [4.78, 5) is 42.1. The Balaban J connectivity index is 1.51. The monoisotopic (exact) mass is 468 g/mol. The first-order valence-electron chi connectivity index (χ1n) is 11.5. The molecule has 0 bridgehead atoms. The SMILES string of the molecule is COc1ccccc1C1(CC(=O)N2CCCC(COc3ccccc3F)C2)CC(=O)N(C)C1=O. The number of para-hydroxylation sites is 2. The Morgan fingerprint density at radius 3 is 2.50 bits per heavy atom. The summed E-state index contributed by atoms with van der Waals surface area (Å²) < 4.78 is 25.0. The van der Waals surface area contributed by atoms with Crippen LogP contribution in [0.2, 0.25) is 0 Å². The van der Waals surface area contributed by atoms with Crippen molar-refractivity contribution in [1.29, 1.82) is 0 Å². The van der Waals surface area contributed by atoms with E-state index in [1.807, 2.05) is 0 Å². The summed E-state index contributed by atoms with van der Waals surface area (Å²) in [6, 6.07) is 13.3. The highest BCUT2D eigenvalue weighted by Gasteiger charge is 2.54. The van der Waals surface area contributed by atoms with E-state index in [4.69, 9.17) is 9.47 Å². The van der Waals surface area contributed by atoms with Crippen LogP contribution in [-0.2, 0) is 19.8 Å². The third kappa shape index (κ3) is 4.49. The third-order valence-corrected chi connectivity index (χ3v) is 6.80. The maximum atomic E-state index is 13.9. The van der Waals surface area contributed by atoms with Crippen LogP contribution in [0.3, 0.4) is 0 Å². The minimum atomic E-state index is -1.30. The maximum Gasteiger partial charge on any atom is 0.240 e. The molecule has 2 aromatic carbocycles. The van der Waals surface area contributed by atoms with Crippen molar-refractivity contribution in [2.24, 2.45) is 5.92 Å².